The van der Waals surface area contributed by atoms with Crippen LogP contribution in [0.3, 0.4) is 0 Å². The molecule has 3 fully saturated rings. The Labute approximate surface area is 141 Å². The van der Waals surface area contributed by atoms with E-state index in [-0.39, 0.29) is 12.1 Å². The summed E-state index contributed by atoms with van der Waals surface area (Å²) in [6, 6.07) is 7.83. The van der Waals surface area contributed by atoms with Crippen LogP contribution in [-0.2, 0) is 0 Å². The molecule has 3 aliphatic heterocycles. The predicted molar refractivity (Wildman–Crippen MR) is 91.1 cm³/mol. The van der Waals surface area contributed by atoms with Crippen molar-refractivity contribution in [3.8, 4) is 16.9 Å². The van der Waals surface area contributed by atoms with Crippen LogP contribution in [0.2, 0.25) is 0 Å². The third kappa shape index (κ3) is 2.89. The molecule has 2 aromatic rings. The molecular weight excluding hydrogens is 304 g/mol. The Morgan fingerprint density at radius 2 is 1.96 bits per heavy atom. The summed E-state index contributed by atoms with van der Waals surface area (Å²) in [6.07, 6.45) is 5.86. The van der Waals surface area contributed by atoms with Crippen molar-refractivity contribution in [1.82, 2.24) is 20.0 Å². The summed E-state index contributed by atoms with van der Waals surface area (Å²) in [5.74, 6) is 1.42. The molecule has 0 saturated carbocycles. The molecule has 3 saturated heterocycles. The Hall–Kier alpha value is -2.34. The number of hydrogen-bond donors (Lipinski definition) is 1. The lowest BCUT2D eigenvalue weighted by Gasteiger charge is -2.44. The molecule has 126 valence electrons. The van der Waals surface area contributed by atoms with Crippen LogP contribution in [0.15, 0.2) is 36.7 Å². The number of ether oxygens (including phenoxy) is 1. The van der Waals surface area contributed by atoms with Crippen LogP contribution in [0.1, 0.15) is 12.8 Å². The number of amides is 1. The fourth-order valence-electron chi connectivity index (χ4n) is 3.72. The van der Waals surface area contributed by atoms with Crippen LogP contribution in [0.25, 0.3) is 11.1 Å². The van der Waals surface area contributed by atoms with Gasteiger partial charge < -0.3 is 15.0 Å². The van der Waals surface area contributed by atoms with Crippen molar-refractivity contribution in [3.05, 3.63) is 36.7 Å². The molecule has 5 rings (SSSR count). The molecule has 1 aromatic heterocycles. The van der Waals surface area contributed by atoms with E-state index in [0.717, 1.165) is 23.4 Å². The number of fused-ring (bicyclic) bond motifs is 3. The highest BCUT2D eigenvalue weighted by Gasteiger charge is 2.35. The van der Waals surface area contributed by atoms with Crippen LogP contribution in [0.4, 0.5) is 4.79 Å². The third-order valence-corrected chi connectivity index (χ3v) is 5.18. The van der Waals surface area contributed by atoms with E-state index in [9.17, 15) is 4.79 Å². The first-order valence-corrected chi connectivity index (χ1v) is 8.45. The van der Waals surface area contributed by atoms with Gasteiger partial charge in [0, 0.05) is 24.3 Å². The van der Waals surface area contributed by atoms with E-state index in [4.69, 9.17) is 4.74 Å². The van der Waals surface area contributed by atoms with E-state index in [2.05, 4.69) is 15.3 Å². The second-order valence-corrected chi connectivity index (χ2v) is 6.60. The maximum absolute atomic E-state index is 12.5. The second kappa shape index (κ2) is 6.28. The molecule has 0 unspecified atom stereocenters. The maximum Gasteiger partial charge on any atom is 0.342 e. The van der Waals surface area contributed by atoms with Gasteiger partial charge in [-0.05, 0) is 49.5 Å². The first-order valence-electron chi connectivity index (χ1n) is 8.45. The van der Waals surface area contributed by atoms with Gasteiger partial charge in [0.05, 0.1) is 13.3 Å². The topological polar surface area (TPSA) is 59.4 Å². The van der Waals surface area contributed by atoms with Gasteiger partial charge in [-0.25, -0.2) is 4.79 Å². The standard InChI is InChI=1S/C18H22N4O2/c1-24-16-4-2-13(3-5-16)15-10-19-22(11-15)18(23)20-17-12-21-8-6-14(17)7-9-21/h2-5,10-11,14,17H,6-9,12H2,1H3,(H,20,23)/t17-/m0/s1. The van der Waals surface area contributed by atoms with Crippen molar-refractivity contribution in [2.45, 2.75) is 18.9 Å². The SMILES string of the molecule is COc1ccc(-c2cnn(C(=O)N[C@H]3CN4CCC3CC4)c2)cc1. The maximum atomic E-state index is 12.5. The molecule has 1 N–H and O–H groups in total. The Bertz CT molecular complexity index is 717. The summed E-state index contributed by atoms with van der Waals surface area (Å²) in [5.41, 5.74) is 1.93. The van der Waals surface area contributed by atoms with Gasteiger partial charge in [-0.15, -0.1) is 0 Å². The van der Waals surface area contributed by atoms with E-state index in [0.29, 0.717) is 5.92 Å². The summed E-state index contributed by atoms with van der Waals surface area (Å²) < 4.78 is 6.57. The molecule has 6 heteroatoms. The van der Waals surface area contributed by atoms with Crippen LogP contribution in [0, 0.1) is 5.92 Å². The minimum absolute atomic E-state index is 0.145. The summed E-state index contributed by atoms with van der Waals surface area (Å²) in [5, 5.41) is 7.37. The smallest absolute Gasteiger partial charge is 0.342 e. The third-order valence-electron chi connectivity index (χ3n) is 5.18. The second-order valence-electron chi connectivity index (χ2n) is 6.60. The van der Waals surface area contributed by atoms with Gasteiger partial charge in [-0.1, -0.05) is 12.1 Å². The highest BCUT2D eigenvalue weighted by atomic mass is 16.5. The van der Waals surface area contributed by atoms with Crippen molar-refractivity contribution >= 4 is 6.03 Å². The fourth-order valence-corrected chi connectivity index (χ4v) is 3.72. The molecule has 0 aliphatic carbocycles. The van der Waals surface area contributed by atoms with Gasteiger partial charge in [0.15, 0.2) is 0 Å². The molecule has 4 heterocycles. The van der Waals surface area contributed by atoms with E-state index in [1.807, 2.05) is 24.3 Å². The highest BCUT2D eigenvalue weighted by Crippen LogP contribution is 2.27. The molecule has 3 aliphatic rings. The number of nitrogens with zero attached hydrogens (tertiary/aromatic N) is 3. The molecule has 1 aromatic carbocycles. The Balaban J connectivity index is 1.44. The van der Waals surface area contributed by atoms with Crippen LogP contribution >= 0.6 is 0 Å². The quantitative estimate of drug-likeness (QED) is 0.939. The molecule has 24 heavy (non-hydrogen) atoms. The summed E-state index contributed by atoms with van der Waals surface area (Å²) >= 11 is 0. The lowest BCUT2D eigenvalue weighted by molar-refractivity contribution is 0.0765. The van der Waals surface area contributed by atoms with Crippen molar-refractivity contribution in [2.75, 3.05) is 26.7 Å². The molecule has 6 nitrogen and oxygen atoms in total. The molecular formula is C18H22N4O2. The predicted octanol–water partition coefficient (Wildman–Crippen LogP) is 2.21. The van der Waals surface area contributed by atoms with Gasteiger partial charge >= 0.3 is 6.03 Å². The van der Waals surface area contributed by atoms with Crippen LogP contribution < -0.4 is 10.1 Å². The van der Waals surface area contributed by atoms with Gasteiger partial charge in [-0.2, -0.15) is 9.78 Å². The largest absolute Gasteiger partial charge is 0.497 e. The summed E-state index contributed by atoms with van der Waals surface area (Å²) in [6.45, 7) is 3.30. The summed E-state index contributed by atoms with van der Waals surface area (Å²) in [4.78, 5) is 14.9. The molecule has 1 amide bonds. The van der Waals surface area contributed by atoms with Gasteiger partial charge in [0.25, 0.3) is 0 Å². The zero-order valence-corrected chi connectivity index (χ0v) is 13.8. The zero-order chi connectivity index (χ0) is 16.5. The van der Waals surface area contributed by atoms with Crippen LogP contribution in [0.5, 0.6) is 5.75 Å². The van der Waals surface area contributed by atoms with E-state index in [1.54, 1.807) is 19.5 Å². The van der Waals surface area contributed by atoms with Crippen molar-refractivity contribution in [1.29, 1.82) is 0 Å². The Kier molecular flexibility index (Phi) is 3.98. The number of piperidine rings is 3. The van der Waals surface area contributed by atoms with Crippen molar-refractivity contribution in [2.24, 2.45) is 5.92 Å². The number of hydrogen-bond acceptors (Lipinski definition) is 4. The minimum atomic E-state index is -0.145. The number of benzene rings is 1. The van der Waals surface area contributed by atoms with Crippen LogP contribution in [-0.4, -0.2) is 53.5 Å². The number of rotatable bonds is 3. The lowest BCUT2D eigenvalue weighted by atomic mass is 9.84. The molecule has 0 radical (unpaired) electrons. The number of carbonyl (C=O) groups is 1. The Morgan fingerprint density at radius 3 is 2.58 bits per heavy atom. The molecule has 2 bridgehead atoms. The van der Waals surface area contributed by atoms with Gasteiger partial charge in [0.1, 0.15) is 5.75 Å². The number of methoxy groups -OCH3 is 1. The zero-order valence-electron chi connectivity index (χ0n) is 13.8. The van der Waals surface area contributed by atoms with E-state index >= 15 is 0 Å². The van der Waals surface area contributed by atoms with E-state index in [1.165, 1.54) is 30.6 Å². The fraction of sp³-hybridized carbons (Fsp3) is 0.444. The normalized spacial score (nSPS) is 25.5. The molecule has 1 atom stereocenters. The highest BCUT2D eigenvalue weighted by molar-refractivity contribution is 5.78. The monoisotopic (exact) mass is 326 g/mol. The first kappa shape index (κ1) is 15.2. The molecule has 0 spiro atoms. The first-order chi connectivity index (χ1) is 11.7. The lowest BCUT2D eigenvalue weighted by Crippen LogP contribution is -2.57. The van der Waals surface area contributed by atoms with Gasteiger partial charge in [0.2, 0.25) is 0 Å². The average molecular weight is 326 g/mol. The minimum Gasteiger partial charge on any atom is -0.497 e. The average Bonchev–Trinajstić information content (AvgIpc) is 3.13. The summed E-state index contributed by atoms with van der Waals surface area (Å²) in [7, 11) is 1.64. The van der Waals surface area contributed by atoms with Crippen molar-refractivity contribution < 1.29 is 9.53 Å². The Morgan fingerprint density at radius 1 is 1.21 bits per heavy atom. The van der Waals surface area contributed by atoms with E-state index < -0.39 is 0 Å². The van der Waals surface area contributed by atoms with Crippen molar-refractivity contribution in [3.63, 3.8) is 0 Å². The van der Waals surface area contributed by atoms with Gasteiger partial charge in [-0.3, -0.25) is 0 Å². The number of carbonyl (C=O) groups excluding carboxylic acids is 1. The number of aromatic nitrogens is 2. The number of nitrogens with one attached hydrogen (secondary N) is 1.